The van der Waals surface area contributed by atoms with Crippen molar-refractivity contribution in [3.05, 3.63) is 35.4 Å². The van der Waals surface area contributed by atoms with Crippen LogP contribution in [0, 0.1) is 0 Å². The van der Waals surface area contributed by atoms with Crippen molar-refractivity contribution in [1.29, 1.82) is 0 Å². The summed E-state index contributed by atoms with van der Waals surface area (Å²) in [6, 6.07) is 4.48. The first-order chi connectivity index (χ1) is 6.46. The molecule has 0 aliphatic carbocycles. The Bertz CT molecular complexity index is 344. The minimum Gasteiger partial charge on any atom is -0.465 e. The lowest BCUT2D eigenvalue weighted by atomic mass is 10.1. The summed E-state index contributed by atoms with van der Waals surface area (Å²) in [6.45, 7) is 0. The SMILES string of the molecule is COC(=O)c1ccccc1C(F)(F)F. The molecule has 0 aromatic heterocycles. The van der Waals surface area contributed by atoms with E-state index in [1.807, 2.05) is 0 Å². The molecule has 0 unspecified atom stereocenters. The lowest BCUT2D eigenvalue weighted by molar-refractivity contribution is -0.138. The van der Waals surface area contributed by atoms with Crippen LogP contribution in [0.25, 0.3) is 0 Å². The molecule has 0 N–H and O–H groups in total. The Morgan fingerprint density at radius 3 is 2.36 bits per heavy atom. The second-order valence-electron chi connectivity index (χ2n) is 2.53. The number of halogens is 3. The molecule has 2 nitrogen and oxygen atoms in total. The molecule has 76 valence electrons. The van der Waals surface area contributed by atoms with Crippen molar-refractivity contribution in [1.82, 2.24) is 0 Å². The van der Waals surface area contributed by atoms with Crippen molar-refractivity contribution in [2.75, 3.05) is 7.11 Å². The van der Waals surface area contributed by atoms with Crippen molar-refractivity contribution < 1.29 is 22.7 Å². The first-order valence-corrected chi connectivity index (χ1v) is 3.71. The molecule has 0 heterocycles. The summed E-state index contributed by atoms with van der Waals surface area (Å²) >= 11 is 0. The second-order valence-corrected chi connectivity index (χ2v) is 2.53. The summed E-state index contributed by atoms with van der Waals surface area (Å²) in [4.78, 5) is 11.0. The smallest absolute Gasteiger partial charge is 0.417 e. The van der Waals surface area contributed by atoms with Crippen molar-refractivity contribution in [2.24, 2.45) is 0 Å². The number of rotatable bonds is 1. The average molecular weight is 204 g/mol. The topological polar surface area (TPSA) is 26.3 Å². The number of hydrogen-bond donors (Lipinski definition) is 0. The molecule has 14 heavy (non-hydrogen) atoms. The van der Waals surface area contributed by atoms with Gasteiger partial charge in [0.25, 0.3) is 0 Å². The van der Waals surface area contributed by atoms with E-state index >= 15 is 0 Å². The zero-order valence-corrected chi connectivity index (χ0v) is 7.26. The van der Waals surface area contributed by atoms with Crippen molar-refractivity contribution >= 4 is 5.97 Å². The van der Waals surface area contributed by atoms with Gasteiger partial charge in [-0.05, 0) is 12.1 Å². The summed E-state index contributed by atoms with van der Waals surface area (Å²) in [5.74, 6) is -0.988. The highest BCUT2D eigenvalue weighted by atomic mass is 19.4. The first kappa shape index (κ1) is 10.6. The number of hydrogen-bond acceptors (Lipinski definition) is 2. The average Bonchev–Trinajstić information content (AvgIpc) is 2.15. The van der Waals surface area contributed by atoms with Gasteiger partial charge in [0.2, 0.25) is 0 Å². The van der Waals surface area contributed by atoms with Crippen LogP contribution in [0.1, 0.15) is 15.9 Å². The standard InChI is InChI=1S/C9H7F3O2/c1-14-8(13)6-4-2-3-5-7(6)9(10,11)12/h2-5H,1H3. The van der Waals surface area contributed by atoms with Crippen LogP contribution < -0.4 is 0 Å². The zero-order chi connectivity index (χ0) is 10.8. The number of methoxy groups -OCH3 is 1. The highest BCUT2D eigenvalue weighted by Crippen LogP contribution is 2.31. The Kier molecular flexibility index (Phi) is 2.78. The fraction of sp³-hybridized carbons (Fsp3) is 0.222. The van der Waals surface area contributed by atoms with Gasteiger partial charge < -0.3 is 4.74 Å². The monoisotopic (exact) mass is 204 g/mol. The van der Waals surface area contributed by atoms with Gasteiger partial charge >= 0.3 is 12.1 Å². The predicted molar refractivity (Wildman–Crippen MR) is 42.8 cm³/mol. The lowest BCUT2D eigenvalue weighted by Gasteiger charge is -2.10. The highest BCUT2D eigenvalue weighted by molar-refractivity contribution is 5.91. The van der Waals surface area contributed by atoms with E-state index < -0.39 is 23.3 Å². The summed E-state index contributed by atoms with van der Waals surface area (Å²) in [5.41, 5.74) is -1.45. The number of carbonyl (C=O) groups is 1. The Morgan fingerprint density at radius 1 is 1.29 bits per heavy atom. The minimum atomic E-state index is -4.54. The maximum absolute atomic E-state index is 12.3. The fourth-order valence-electron chi connectivity index (χ4n) is 1.02. The maximum Gasteiger partial charge on any atom is 0.417 e. The summed E-state index contributed by atoms with van der Waals surface area (Å²) in [7, 11) is 1.04. The Labute approximate surface area is 78.3 Å². The van der Waals surface area contributed by atoms with Crippen LogP contribution in [0.2, 0.25) is 0 Å². The summed E-state index contributed by atoms with van der Waals surface area (Å²) in [6.07, 6.45) is -4.54. The highest BCUT2D eigenvalue weighted by Gasteiger charge is 2.35. The van der Waals surface area contributed by atoms with Gasteiger partial charge in [-0.1, -0.05) is 12.1 Å². The van der Waals surface area contributed by atoms with Crippen molar-refractivity contribution in [3.63, 3.8) is 0 Å². The third-order valence-corrected chi connectivity index (χ3v) is 1.64. The molecule has 1 aromatic rings. The van der Waals surface area contributed by atoms with Gasteiger partial charge in [-0.15, -0.1) is 0 Å². The van der Waals surface area contributed by atoms with Gasteiger partial charge in [0.1, 0.15) is 0 Å². The van der Waals surface area contributed by atoms with Crippen LogP contribution >= 0.6 is 0 Å². The van der Waals surface area contributed by atoms with Gasteiger partial charge in [0, 0.05) is 0 Å². The quantitative estimate of drug-likeness (QED) is 0.657. The Hall–Kier alpha value is -1.52. The Balaban J connectivity index is 3.23. The molecular weight excluding hydrogens is 197 g/mol. The van der Waals surface area contributed by atoms with Crippen LogP contribution in [0.4, 0.5) is 13.2 Å². The lowest BCUT2D eigenvalue weighted by Crippen LogP contribution is -2.13. The third kappa shape index (κ3) is 2.04. The minimum absolute atomic E-state index is 0.470. The molecule has 0 bridgehead atoms. The van der Waals surface area contributed by atoms with Gasteiger partial charge in [-0.2, -0.15) is 13.2 Å². The number of alkyl halides is 3. The molecule has 0 radical (unpaired) electrons. The van der Waals surface area contributed by atoms with Crippen molar-refractivity contribution in [3.8, 4) is 0 Å². The first-order valence-electron chi connectivity index (χ1n) is 3.71. The van der Waals surface area contributed by atoms with Crippen LogP contribution in [-0.4, -0.2) is 13.1 Å². The molecule has 5 heteroatoms. The zero-order valence-electron chi connectivity index (χ0n) is 7.26. The van der Waals surface area contributed by atoms with E-state index in [4.69, 9.17) is 0 Å². The number of benzene rings is 1. The molecular formula is C9H7F3O2. The largest absolute Gasteiger partial charge is 0.465 e. The maximum atomic E-state index is 12.3. The van der Waals surface area contributed by atoms with Crippen LogP contribution in [0.5, 0.6) is 0 Å². The summed E-state index contributed by atoms with van der Waals surface area (Å²) in [5, 5.41) is 0. The van der Waals surface area contributed by atoms with E-state index in [-0.39, 0.29) is 0 Å². The predicted octanol–water partition coefficient (Wildman–Crippen LogP) is 2.49. The van der Waals surface area contributed by atoms with E-state index in [9.17, 15) is 18.0 Å². The number of esters is 1. The third-order valence-electron chi connectivity index (χ3n) is 1.64. The van der Waals surface area contributed by atoms with Crippen LogP contribution in [0.15, 0.2) is 24.3 Å². The Morgan fingerprint density at radius 2 is 1.86 bits per heavy atom. The molecule has 0 aliphatic heterocycles. The van der Waals surface area contributed by atoms with Crippen molar-refractivity contribution in [2.45, 2.75) is 6.18 Å². The molecule has 0 fully saturated rings. The van der Waals surface area contributed by atoms with Gasteiger partial charge in [0.05, 0.1) is 18.2 Å². The molecule has 0 atom stereocenters. The van der Waals surface area contributed by atoms with Gasteiger partial charge in [-0.25, -0.2) is 4.79 Å². The van der Waals surface area contributed by atoms with Gasteiger partial charge in [-0.3, -0.25) is 0 Å². The molecule has 1 aromatic carbocycles. The van der Waals surface area contributed by atoms with Crippen LogP contribution in [0.3, 0.4) is 0 Å². The fourth-order valence-corrected chi connectivity index (χ4v) is 1.02. The number of carbonyl (C=O) groups excluding carboxylic acids is 1. The van der Waals surface area contributed by atoms with E-state index in [2.05, 4.69) is 4.74 Å². The molecule has 0 aliphatic rings. The van der Waals surface area contributed by atoms with Crippen LogP contribution in [-0.2, 0) is 10.9 Å². The second kappa shape index (κ2) is 3.69. The van der Waals surface area contributed by atoms with E-state index in [1.54, 1.807) is 0 Å². The normalized spacial score (nSPS) is 11.1. The number of ether oxygens (including phenoxy) is 1. The molecule has 1 rings (SSSR count). The summed E-state index contributed by atoms with van der Waals surface area (Å²) < 4.78 is 41.2. The molecule has 0 amide bonds. The van der Waals surface area contributed by atoms with Gasteiger partial charge in [0.15, 0.2) is 0 Å². The van der Waals surface area contributed by atoms with E-state index in [1.165, 1.54) is 12.1 Å². The molecule has 0 saturated heterocycles. The molecule has 0 saturated carbocycles. The molecule has 0 spiro atoms. The van der Waals surface area contributed by atoms with E-state index in [0.29, 0.717) is 0 Å². The van der Waals surface area contributed by atoms with E-state index in [0.717, 1.165) is 19.2 Å².